The molecule has 3 aromatic rings. The molecule has 7 fully saturated rings. The molecular formula is C100H189N27. The lowest BCUT2D eigenvalue weighted by Crippen LogP contribution is -2.80. The monoisotopic (exact) mass is 1770 g/mol. The first-order valence-electron chi connectivity index (χ1n) is 51.7. The minimum Gasteiger partial charge on any atom is -0.354 e. The van der Waals surface area contributed by atoms with E-state index in [2.05, 4.69) is 267 Å². The summed E-state index contributed by atoms with van der Waals surface area (Å²) in [5.74, 6) is 6.97. The molecule has 2 unspecified atom stereocenters. The highest BCUT2D eigenvalue weighted by Crippen LogP contribution is 2.55. The summed E-state index contributed by atoms with van der Waals surface area (Å²) in [4.78, 5) is 71.1. The summed E-state index contributed by atoms with van der Waals surface area (Å²) in [5, 5.41) is 36.3. The van der Waals surface area contributed by atoms with Crippen molar-refractivity contribution in [3.05, 3.63) is 0 Å². The highest BCUT2D eigenvalue weighted by Gasteiger charge is 2.63. The maximum atomic E-state index is 6.45. The Morgan fingerprint density at radius 1 is 0.283 bits per heavy atom. The van der Waals surface area contributed by atoms with Crippen molar-refractivity contribution in [1.82, 2.24) is 86.6 Å². The second-order valence-electron chi connectivity index (χ2n) is 48.0. The summed E-state index contributed by atoms with van der Waals surface area (Å²) in [6, 6.07) is 1.67. The fourth-order valence-corrected chi connectivity index (χ4v) is 25.7. The van der Waals surface area contributed by atoms with Gasteiger partial charge in [0.1, 0.15) is 0 Å². The zero-order valence-corrected chi connectivity index (χ0v) is 85.9. The van der Waals surface area contributed by atoms with E-state index < -0.39 is 0 Å². The van der Waals surface area contributed by atoms with E-state index in [1.165, 1.54) is 0 Å². The molecule has 11 heterocycles. The number of unbranched alkanes of at least 4 members (excludes halogenated alkanes) is 6. The quantitative estimate of drug-likeness (QED) is 0.0235. The Balaban J connectivity index is 0.874. The Kier molecular flexibility index (Phi) is 34.7. The van der Waals surface area contributed by atoms with E-state index in [0.29, 0.717) is 36.5 Å². The number of nitrogens with two attached hydrogens (primary N) is 1. The van der Waals surface area contributed by atoms with Crippen LogP contribution in [0.2, 0.25) is 0 Å². The molecule has 3 aromatic heterocycles. The normalized spacial score (nSPS) is 25.1. The van der Waals surface area contributed by atoms with Gasteiger partial charge in [-0.1, -0.05) is 80.1 Å². The molecule has 11 N–H and O–H groups in total. The van der Waals surface area contributed by atoms with Crippen molar-refractivity contribution < 1.29 is 0 Å². The molecule has 27 heteroatoms. The fourth-order valence-electron chi connectivity index (χ4n) is 25.7. The standard InChI is InChI=1S/C100H189N27/c1-27-33-54-122(74-60-89(7,8)114-90(9,10)61-74)83-105-80(106-84(111-83)123(55-34-28-2)75-62-91(11,12)115-92(13,14)63-75)102-45-40-49-120(48-39-44-101)52-43-53-121(50-41-46-103-81-107-85(124(56-35-29-3)76-64-93(15,16)116-94(17,18)65-76)112-86(108-81)125(57-36-30-4)77-66-95(19,20)117-96(21,22)67-77)51-42-47-104-82-109-87-113-88(110-82)127(59-38-32-6)79-69-98(25,26)119-100(71-79)72-99(73-100)70-78(68-97(23,24)118-99)126(87)58-37-31-5/h74-79,114-119H,27-73,101H2,1-26H3,(H,102,105,106,111)(H,103,107,108,112)(H,104,109,110,113). The summed E-state index contributed by atoms with van der Waals surface area (Å²) < 4.78 is 0. The molecule has 27 nitrogen and oxygen atoms in total. The van der Waals surface area contributed by atoms with Gasteiger partial charge in [0.2, 0.25) is 53.5 Å². The minimum absolute atomic E-state index is 0.0306. The van der Waals surface area contributed by atoms with Gasteiger partial charge < -0.3 is 92.8 Å². The smallest absolute Gasteiger partial charge is 0.232 e. The minimum atomic E-state index is -0.0536. The second-order valence-corrected chi connectivity index (χ2v) is 48.0. The number of aromatic nitrogens is 9. The van der Waals surface area contributed by atoms with Gasteiger partial charge in [-0.2, -0.15) is 44.9 Å². The Labute approximate surface area is 773 Å². The van der Waals surface area contributed by atoms with Crippen LogP contribution in [0, 0.1) is 0 Å². The lowest BCUT2D eigenvalue weighted by Gasteiger charge is -2.67. The van der Waals surface area contributed by atoms with E-state index >= 15 is 0 Å². The summed E-state index contributed by atoms with van der Waals surface area (Å²) >= 11 is 0. The number of nitrogens with one attached hydrogen (secondary N) is 9. The topological polar surface area (TPSA) is 276 Å². The van der Waals surface area contributed by atoms with Crippen LogP contribution in [0.1, 0.15) is 379 Å². The van der Waals surface area contributed by atoms with Gasteiger partial charge in [-0.25, -0.2) is 0 Å². The van der Waals surface area contributed by atoms with Crippen molar-refractivity contribution in [2.24, 2.45) is 5.73 Å². The zero-order valence-electron chi connectivity index (χ0n) is 85.9. The van der Waals surface area contributed by atoms with Gasteiger partial charge in [0.15, 0.2) is 0 Å². The molecule has 2 spiro atoms. The fraction of sp³-hybridized carbons (Fsp3) is 0.910. The van der Waals surface area contributed by atoms with E-state index in [4.69, 9.17) is 50.6 Å². The average molecular weight is 1770 g/mol. The summed E-state index contributed by atoms with van der Waals surface area (Å²) in [7, 11) is 0. The summed E-state index contributed by atoms with van der Waals surface area (Å²) in [6.45, 7) is 75.5. The van der Waals surface area contributed by atoms with Crippen LogP contribution >= 0.6 is 0 Å². The Morgan fingerprint density at radius 3 is 0.803 bits per heavy atom. The number of anilines is 9. The van der Waals surface area contributed by atoms with Gasteiger partial charge in [-0.05, 0) is 345 Å². The number of rotatable bonds is 48. The second kappa shape index (κ2) is 43.0. The van der Waals surface area contributed by atoms with Gasteiger partial charge in [0.05, 0.1) is 0 Å². The summed E-state index contributed by atoms with van der Waals surface area (Å²) in [6.07, 6.45) is 32.4. The molecule has 6 saturated heterocycles. The molecule has 2 atom stereocenters. The van der Waals surface area contributed by atoms with Crippen LogP contribution in [-0.4, -0.2) is 262 Å². The van der Waals surface area contributed by atoms with E-state index in [1.807, 2.05) is 0 Å². The third kappa shape index (κ3) is 29.2. The molecular weight excluding hydrogens is 1580 g/mol. The van der Waals surface area contributed by atoms with E-state index in [0.717, 1.165) is 333 Å². The van der Waals surface area contributed by atoms with Gasteiger partial charge in [0.25, 0.3) is 0 Å². The third-order valence-electron chi connectivity index (χ3n) is 28.9. The summed E-state index contributed by atoms with van der Waals surface area (Å²) in [5.41, 5.74) is 6.13. The molecule has 724 valence electrons. The first-order valence-corrected chi connectivity index (χ1v) is 51.7. The molecule has 6 bridgehead atoms. The molecule has 1 saturated carbocycles. The Bertz CT molecular complexity index is 3600. The SMILES string of the molecule is CCCCN(c1nc(NCCCN(CCCN)CCCN(CCCNc2nc(N(CCCC)C3CC(C)(C)NC(C)(C)C3)nc(N(CCCC)C3CC(C)(C)NC(C)(C)C3)n2)CCCNc2nc3nc(n2)N(CCCC)C2CC(C)(C)NC4(C2)CC2(CC(CC(C)(C)N2)N3CCCC)C4)nc(N(CCCC)C2CC(C)(C)NC(C)(C)C2)n1)C1CC(C)(C)NC(C)(C)C1. The lowest BCUT2D eigenvalue weighted by molar-refractivity contribution is -0.0526. The average Bonchev–Trinajstić information content (AvgIpc) is 0.700. The number of hydrogen-bond acceptors (Lipinski definition) is 27. The van der Waals surface area contributed by atoms with E-state index in [9.17, 15) is 0 Å². The number of hydrogen-bond donors (Lipinski definition) is 10. The molecule has 1 aliphatic carbocycles. The van der Waals surface area contributed by atoms with Crippen LogP contribution in [0.5, 0.6) is 0 Å². The molecule has 127 heavy (non-hydrogen) atoms. The van der Waals surface area contributed by atoms with E-state index in [-0.39, 0.29) is 90.6 Å². The molecule has 0 radical (unpaired) electrons. The van der Waals surface area contributed by atoms with Crippen LogP contribution in [0.3, 0.4) is 0 Å². The highest BCUT2D eigenvalue weighted by molar-refractivity contribution is 5.51. The predicted molar refractivity (Wildman–Crippen MR) is 536 cm³/mol. The van der Waals surface area contributed by atoms with Crippen molar-refractivity contribution in [1.29, 1.82) is 0 Å². The van der Waals surface area contributed by atoms with Gasteiger partial charge in [-0.3, -0.25) is 0 Å². The van der Waals surface area contributed by atoms with Crippen molar-refractivity contribution in [3.8, 4) is 0 Å². The molecule has 12 rings (SSSR count). The Hall–Kier alpha value is -5.13. The van der Waals surface area contributed by atoms with Crippen LogP contribution in [0.4, 0.5) is 53.5 Å². The van der Waals surface area contributed by atoms with Crippen molar-refractivity contribution >= 4 is 53.5 Å². The van der Waals surface area contributed by atoms with Crippen LogP contribution in [0.25, 0.3) is 0 Å². The van der Waals surface area contributed by atoms with Gasteiger partial charge >= 0.3 is 0 Å². The maximum absolute atomic E-state index is 6.45. The molecule has 9 aliphatic rings. The molecule has 8 aliphatic heterocycles. The first-order chi connectivity index (χ1) is 59.7. The van der Waals surface area contributed by atoms with Crippen molar-refractivity contribution in [2.75, 3.05) is 150 Å². The number of nitrogens with zero attached hydrogens (tertiary/aromatic N) is 17. The van der Waals surface area contributed by atoms with Crippen LogP contribution in [-0.2, 0) is 0 Å². The molecule has 0 amide bonds. The van der Waals surface area contributed by atoms with Crippen LogP contribution < -0.4 is 83.0 Å². The molecule has 0 aromatic carbocycles. The number of piperidine rings is 6. The maximum Gasteiger partial charge on any atom is 0.232 e. The third-order valence-corrected chi connectivity index (χ3v) is 28.9. The largest absolute Gasteiger partial charge is 0.354 e. The van der Waals surface area contributed by atoms with Gasteiger partial charge in [-0.15, -0.1) is 0 Å². The predicted octanol–water partition coefficient (Wildman–Crippen LogP) is 16.6. The van der Waals surface area contributed by atoms with E-state index in [1.54, 1.807) is 0 Å². The zero-order chi connectivity index (χ0) is 92.2. The highest BCUT2D eigenvalue weighted by atomic mass is 15.4. The van der Waals surface area contributed by atoms with Crippen LogP contribution in [0.15, 0.2) is 0 Å². The van der Waals surface area contributed by atoms with Gasteiger partial charge in [0, 0.05) is 162 Å². The Morgan fingerprint density at radius 2 is 0.535 bits per heavy atom. The van der Waals surface area contributed by atoms with Crippen molar-refractivity contribution in [2.45, 2.75) is 482 Å². The first kappa shape index (κ1) is 102. The van der Waals surface area contributed by atoms with Crippen molar-refractivity contribution in [3.63, 3.8) is 0 Å². The lowest BCUT2D eigenvalue weighted by atomic mass is 9.53.